The minimum absolute atomic E-state index is 0.674. The first-order valence-electron chi connectivity index (χ1n) is 3.66. The third kappa shape index (κ3) is 6.06. The van der Waals surface area contributed by atoms with Gasteiger partial charge < -0.3 is 0 Å². The second-order valence-electron chi connectivity index (χ2n) is 2.39. The zero-order chi connectivity index (χ0) is 8.91. The van der Waals surface area contributed by atoms with Crippen molar-refractivity contribution in [3.8, 4) is 0 Å². The van der Waals surface area contributed by atoms with Gasteiger partial charge in [-0.15, -0.1) is 0 Å². The van der Waals surface area contributed by atoms with E-state index in [0.29, 0.717) is 6.42 Å². The molecule has 0 aromatic carbocycles. The Kier molecular flexibility index (Phi) is 4.37. The number of allylic oxidation sites excluding steroid dienone is 1. The zero-order valence-electron chi connectivity index (χ0n) is 6.87. The fraction of sp³-hybridized carbons (Fsp3) is 0.714. The Morgan fingerprint density at radius 2 is 2.00 bits per heavy atom. The quantitative estimate of drug-likeness (QED) is 0.669. The molecule has 0 saturated carbocycles. The highest BCUT2D eigenvalue weighted by Gasteiger charge is 2.01. The van der Waals surface area contributed by atoms with Crippen LogP contribution in [0.2, 0.25) is 0 Å². The first-order chi connectivity index (χ1) is 4.99. The van der Waals surface area contributed by atoms with Crippen molar-refractivity contribution in [2.24, 2.45) is 0 Å². The van der Waals surface area contributed by atoms with E-state index in [0.717, 1.165) is 23.8 Å². The Hall–Kier alpha value is -0.350. The van der Waals surface area contributed by atoms with Crippen molar-refractivity contribution in [2.45, 2.75) is 33.1 Å². The molecule has 0 amide bonds. The van der Waals surface area contributed by atoms with Crippen molar-refractivity contribution < 1.29 is 13.0 Å². The number of hydrogen-bond acceptors (Lipinski definition) is 2. The van der Waals surface area contributed by atoms with Crippen molar-refractivity contribution in [1.29, 1.82) is 0 Å². The predicted molar refractivity (Wildman–Crippen MR) is 44.8 cm³/mol. The first-order valence-corrected chi connectivity index (χ1v) is 5.16. The molecule has 0 spiro atoms. The van der Waals surface area contributed by atoms with Gasteiger partial charge in [-0.2, -0.15) is 8.42 Å². The van der Waals surface area contributed by atoms with Gasteiger partial charge in [0.25, 0.3) is 10.1 Å². The second kappa shape index (κ2) is 4.51. The van der Waals surface area contributed by atoms with Crippen molar-refractivity contribution in [3.63, 3.8) is 0 Å². The van der Waals surface area contributed by atoms with E-state index in [1.54, 1.807) is 0 Å². The molecule has 0 heterocycles. The van der Waals surface area contributed by atoms with Gasteiger partial charge in [-0.25, -0.2) is 0 Å². The Morgan fingerprint density at radius 3 is 2.27 bits per heavy atom. The molecule has 0 radical (unpaired) electrons. The molecule has 0 unspecified atom stereocenters. The Balaban J connectivity index is 4.36. The monoisotopic (exact) mass is 178 g/mol. The molecule has 0 rings (SSSR count). The summed E-state index contributed by atoms with van der Waals surface area (Å²) in [6, 6.07) is 0. The van der Waals surface area contributed by atoms with Crippen molar-refractivity contribution in [2.75, 3.05) is 0 Å². The molecule has 0 aliphatic rings. The maximum absolute atomic E-state index is 10.4. The molecule has 0 aliphatic carbocycles. The molecule has 3 nitrogen and oxygen atoms in total. The van der Waals surface area contributed by atoms with Crippen LogP contribution in [-0.2, 0) is 10.1 Å². The van der Waals surface area contributed by atoms with E-state index in [2.05, 4.69) is 0 Å². The van der Waals surface area contributed by atoms with Gasteiger partial charge in [-0.05, 0) is 12.8 Å². The Labute approximate surface area is 67.9 Å². The molecule has 0 bridgehead atoms. The van der Waals surface area contributed by atoms with Gasteiger partial charge in [0.05, 0.1) is 5.41 Å². The smallest absolute Gasteiger partial charge is 0.282 e. The summed E-state index contributed by atoms with van der Waals surface area (Å²) >= 11 is 0. The van der Waals surface area contributed by atoms with Crippen LogP contribution in [0.3, 0.4) is 0 Å². The Bertz CT molecular complexity index is 226. The van der Waals surface area contributed by atoms with E-state index in [1.807, 2.05) is 13.8 Å². The lowest BCUT2D eigenvalue weighted by molar-refractivity contribution is 0.494. The van der Waals surface area contributed by atoms with E-state index in [-0.39, 0.29) is 0 Å². The van der Waals surface area contributed by atoms with Gasteiger partial charge in [-0.3, -0.25) is 4.55 Å². The second-order valence-corrected chi connectivity index (χ2v) is 3.66. The summed E-state index contributed by atoms with van der Waals surface area (Å²) in [7, 11) is -3.92. The van der Waals surface area contributed by atoms with Crippen LogP contribution < -0.4 is 0 Å². The highest BCUT2D eigenvalue weighted by Crippen LogP contribution is 2.10. The van der Waals surface area contributed by atoms with Crippen LogP contribution in [0.4, 0.5) is 0 Å². The minimum atomic E-state index is -3.92. The molecular weight excluding hydrogens is 164 g/mol. The van der Waals surface area contributed by atoms with E-state index >= 15 is 0 Å². The average molecular weight is 178 g/mol. The molecule has 0 aromatic rings. The van der Waals surface area contributed by atoms with Gasteiger partial charge in [0.2, 0.25) is 0 Å². The lowest BCUT2D eigenvalue weighted by Crippen LogP contribution is -1.93. The summed E-state index contributed by atoms with van der Waals surface area (Å²) < 4.78 is 29.2. The highest BCUT2D eigenvalue weighted by molar-refractivity contribution is 7.88. The van der Waals surface area contributed by atoms with Crippen LogP contribution in [0.1, 0.15) is 33.1 Å². The summed E-state index contributed by atoms with van der Waals surface area (Å²) in [5.41, 5.74) is 0.773. The summed E-state index contributed by atoms with van der Waals surface area (Å²) in [5, 5.41) is 0.941. The molecule has 0 fully saturated rings. The third-order valence-corrected chi connectivity index (χ3v) is 1.97. The maximum Gasteiger partial charge on any atom is 0.287 e. The molecule has 1 N–H and O–H groups in total. The fourth-order valence-corrected chi connectivity index (χ4v) is 1.56. The van der Waals surface area contributed by atoms with E-state index in [9.17, 15) is 8.42 Å². The summed E-state index contributed by atoms with van der Waals surface area (Å²) in [6.07, 6.45) is 2.30. The van der Waals surface area contributed by atoms with E-state index in [4.69, 9.17) is 4.55 Å². The van der Waals surface area contributed by atoms with Crippen LogP contribution >= 0.6 is 0 Å². The first kappa shape index (κ1) is 10.7. The maximum atomic E-state index is 10.4. The van der Waals surface area contributed by atoms with Gasteiger partial charge in [0.1, 0.15) is 0 Å². The van der Waals surface area contributed by atoms with E-state index in [1.165, 1.54) is 0 Å². The number of rotatable bonds is 4. The van der Waals surface area contributed by atoms with Gasteiger partial charge in [0, 0.05) is 0 Å². The molecule has 4 heteroatoms. The molecular formula is C7H14O3S. The zero-order valence-corrected chi connectivity index (χ0v) is 7.69. The van der Waals surface area contributed by atoms with E-state index < -0.39 is 10.1 Å². The summed E-state index contributed by atoms with van der Waals surface area (Å²) in [5.74, 6) is 0. The van der Waals surface area contributed by atoms with Gasteiger partial charge in [0.15, 0.2) is 0 Å². The fourth-order valence-electron chi connectivity index (χ4n) is 0.851. The van der Waals surface area contributed by atoms with Crippen molar-refractivity contribution in [1.82, 2.24) is 0 Å². The lowest BCUT2D eigenvalue weighted by Gasteiger charge is -1.99. The lowest BCUT2D eigenvalue weighted by atomic mass is 10.1. The normalized spacial score (nSPS) is 13.5. The molecule has 11 heavy (non-hydrogen) atoms. The van der Waals surface area contributed by atoms with Crippen molar-refractivity contribution in [3.05, 3.63) is 11.0 Å². The predicted octanol–water partition coefficient (Wildman–Crippen LogP) is 1.97. The topological polar surface area (TPSA) is 54.4 Å². The van der Waals surface area contributed by atoms with Crippen molar-refractivity contribution >= 4 is 10.1 Å². The van der Waals surface area contributed by atoms with Gasteiger partial charge >= 0.3 is 0 Å². The third-order valence-electron chi connectivity index (χ3n) is 1.34. The minimum Gasteiger partial charge on any atom is -0.282 e. The largest absolute Gasteiger partial charge is 0.287 e. The molecule has 0 atom stereocenters. The standard InChI is InChI=1S/C7H14O3S/c1-3-5-7(4-2)6-11(8,9)10/h6H,3-5H2,1-2H3,(H,8,9,10). The highest BCUT2D eigenvalue weighted by atomic mass is 32.2. The average Bonchev–Trinajstić information content (AvgIpc) is 1.84. The van der Waals surface area contributed by atoms with Crippen LogP contribution in [0, 0.1) is 0 Å². The molecule has 66 valence electrons. The van der Waals surface area contributed by atoms with Crippen LogP contribution in [0.5, 0.6) is 0 Å². The SMILES string of the molecule is CCCC(=CS(=O)(=O)O)CC. The molecule has 0 aromatic heterocycles. The summed E-state index contributed by atoms with van der Waals surface area (Å²) in [4.78, 5) is 0. The van der Waals surface area contributed by atoms with Crippen LogP contribution in [0.15, 0.2) is 11.0 Å². The molecule has 0 aliphatic heterocycles. The Morgan fingerprint density at radius 1 is 1.45 bits per heavy atom. The van der Waals surface area contributed by atoms with Crippen LogP contribution in [-0.4, -0.2) is 13.0 Å². The van der Waals surface area contributed by atoms with Crippen LogP contribution in [0.25, 0.3) is 0 Å². The number of hydrogen-bond donors (Lipinski definition) is 1. The molecule has 0 saturated heterocycles. The van der Waals surface area contributed by atoms with Gasteiger partial charge in [-0.1, -0.05) is 25.8 Å². The summed E-state index contributed by atoms with van der Waals surface area (Å²) in [6.45, 7) is 3.83.